The van der Waals surface area contributed by atoms with Gasteiger partial charge < -0.3 is 19.9 Å². The van der Waals surface area contributed by atoms with E-state index in [9.17, 15) is 13.2 Å². The maximum Gasteiger partial charge on any atom is 0.411 e. The smallest absolute Gasteiger partial charge is 0.370 e. The zero-order valence-electron chi connectivity index (χ0n) is 21.3. The molecule has 8 nitrogen and oxygen atoms in total. The Morgan fingerprint density at radius 1 is 1.14 bits per heavy atom. The van der Waals surface area contributed by atoms with Crippen molar-refractivity contribution in [1.82, 2.24) is 24.6 Å². The van der Waals surface area contributed by atoms with Crippen LogP contribution in [0.3, 0.4) is 0 Å². The summed E-state index contributed by atoms with van der Waals surface area (Å²) in [5, 5.41) is 8.07. The van der Waals surface area contributed by atoms with Gasteiger partial charge in [-0.25, -0.2) is 4.98 Å². The average Bonchev–Trinajstić information content (AvgIpc) is 3.20. The van der Waals surface area contributed by atoms with E-state index in [0.717, 1.165) is 42.9 Å². The van der Waals surface area contributed by atoms with Crippen LogP contribution in [0.4, 0.5) is 30.6 Å². The molecule has 2 aromatic heterocycles. The second kappa shape index (κ2) is 11.0. The van der Waals surface area contributed by atoms with E-state index in [1.807, 2.05) is 45.2 Å². The number of ether oxygens (including phenoxy) is 1. The molecule has 3 aromatic rings. The van der Waals surface area contributed by atoms with Crippen molar-refractivity contribution in [3.8, 4) is 0 Å². The topological polar surface area (TPSA) is 71.3 Å². The summed E-state index contributed by atoms with van der Waals surface area (Å²) in [6.45, 7) is 4.78. The van der Waals surface area contributed by atoms with Crippen LogP contribution in [0.25, 0.3) is 11.0 Å². The Balaban J connectivity index is 1.71. The van der Waals surface area contributed by atoms with Crippen molar-refractivity contribution in [3.63, 3.8) is 0 Å². The summed E-state index contributed by atoms with van der Waals surface area (Å²) in [6.07, 6.45) is -1.70. The summed E-state index contributed by atoms with van der Waals surface area (Å²) in [5.74, 6) is 1.18. The Kier molecular flexibility index (Phi) is 7.99. The van der Waals surface area contributed by atoms with E-state index in [2.05, 4.69) is 27.3 Å². The summed E-state index contributed by atoms with van der Waals surface area (Å²) in [5.41, 5.74) is 4.12. The number of nitrogens with zero attached hydrogens (tertiary/aromatic N) is 6. The maximum atomic E-state index is 12.5. The molecule has 196 valence electrons. The van der Waals surface area contributed by atoms with Gasteiger partial charge in [-0.2, -0.15) is 23.3 Å². The van der Waals surface area contributed by atoms with Crippen LogP contribution in [0.15, 0.2) is 24.3 Å². The Hall–Kier alpha value is -2.92. The van der Waals surface area contributed by atoms with Crippen LogP contribution < -0.4 is 10.2 Å². The van der Waals surface area contributed by atoms with Crippen molar-refractivity contribution in [2.24, 2.45) is 0 Å². The van der Waals surface area contributed by atoms with E-state index >= 15 is 0 Å². The van der Waals surface area contributed by atoms with Crippen LogP contribution in [-0.2, 0) is 17.7 Å². The van der Waals surface area contributed by atoms with Gasteiger partial charge in [-0.05, 0) is 58.5 Å². The normalized spacial score (nSPS) is 15.5. The summed E-state index contributed by atoms with van der Waals surface area (Å²) in [4.78, 5) is 14.3. The highest BCUT2D eigenvalue weighted by molar-refractivity contribution is 5.90. The first-order chi connectivity index (χ1) is 17.1. The lowest BCUT2D eigenvalue weighted by molar-refractivity contribution is -0.174. The Morgan fingerprint density at radius 2 is 1.83 bits per heavy atom. The number of hydrogen-bond donors (Lipinski definition) is 1. The van der Waals surface area contributed by atoms with Gasteiger partial charge in [-0.1, -0.05) is 24.6 Å². The fourth-order valence-corrected chi connectivity index (χ4v) is 4.43. The number of benzene rings is 1. The lowest BCUT2D eigenvalue weighted by Crippen LogP contribution is -2.42. The number of aryl methyl sites for hydroxylation is 2. The summed E-state index contributed by atoms with van der Waals surface area (Å²) in [7, 11) is 4.15. The van der Waals surface area contributed by atoms with Gasteiger partial charge in [0.15, 0.2) is 5.82 Å². The SMILES string of the molecule is CCc1nn(CCOCC(F)(F)F)c2c(Nc3ccc(C)cc3)nc(N(C)C3CCN(C)CC3)nc12. The Labute approximate surface area is 209 Å². The van der Waals surface area contributed by atoms with Crippen LogP contribution in [0.5, 0.6) is 0 Å². The van der Waals surface area contributed by atoms with E-state index < -0.39 is 12.8 Å². The van der Waals surface area contributed by atoms with Crippen LogP contribution in [-0.4, -0.2) is 77.3 Å². The number of halogens is 3. The molecule has 0 unspecified atom stereocenters. The molecule has 4 rings (SSSR count). The number of piperidine rings is 1. The first-order valence-electron chi connectivity index (χ1n) is 12.3. The van der Waals surface area contributed by atoms with E-state index in [-0.39, 0.29) is 13.2 Å². The van der Waals surface area contributed by atoms with Gasteiger partial charge in [0.25, 0.3) is 0 Å². The molecule has 11 heteroatoms. The minimum Gasteiger partial charge on any atom is -0.370 e. The lowest BCUT2D eigenvalue weighted by Gasteiger charge is -2.35. The maximum absolute atomic E-state index is 12.5. The van der Waals surface area contributed by atoms with Gasteiger partial charge in [0, 0.05) is 18.8 Å². The minimum absolute atomic E-state index is 0.124. The van der Waals surface area contributed by atoms with Crippen LogP contribution >= 0.6 is 0 Å². The molecule has 1 saturated heterocycles. The first-order valence-corrected chi connectivity index (χ1v) is 12.3. The van der Waals surface area contributed by atoms with Gasteiger partial charge in [-0.3, -0.25) is 4.68 Å². The molecule has 0 aliphatic carbocycles. The highest BCUT2D eigenvalue weighted by atomic mass is 19.4. The Morgan fingerprint density at radius 3 is 2.47 bits per heavy atom. The molecular weight excluding hydrogens is 471 g/mol. The number of hydrogen-bond acceptors (Lipinski definition) is 7. The first kappa shape index (κ1) is 26.2. The zero-order chi connectivity index (χ0) is 25.9. The molecule has 1 fully saturated rings. The van der Waals surface area contributed by atoms with E-state index in [0.29, 0.717) is 35.3 Å². The van der Waals surface area contributed by atoms with E-state index in [1.54, 1.807) is 4.68 Å². The third-order valence-electron chi connectivity index (χ3n) is 6.56. The summed E-state index contributed by atoms with van der Waals surface area (Å²) in [6, 6.07) is 8.27. The zero-order valence-corrected chi connectivity index (χ0v) is 21.3. The molecule has 1 aliphatic rings. The quantitative estimate of drug-likeness (QED) is 0.428. The van der Waals surface area contributed by atoms with Crippen molar-refractivity contribution < 1.29 is 17.9 Å². The number of fused-ring (bicyclic) bond motifs is 1. The predicted octanol–water partition coefficient (Wildman–Crippen LogP) is 4.55. The number of nitrogens with one attached hydrogen (secondary N) is 1. The third kappa shape index (κ3) is 6.25. The van der Waals surface area contributed by atoms with Gasteiger partial charge in [0.05, 0.1) is 18.8 Å². The molecule has 3 heterocycles. The van der Waals surface area contributed by atoms with E-state index in [4.69, 9.17) is 14.7 Å². The molecule has 36 heavy (non-hydrogen) atoms. The standard InChI is InChI=1S/C25H34F3N7O/c1-5-20-21-22(35(32-20)14-15-36-16-25(26,27)28)23(29-18-8-6-17(2)7-9-18)31-24(30-21)34(4)19-10-12-33(3)13-11-19/h6-9,19H,5,10-16H2,1-4H3,(H,29,30,31). The molecule has 0 amide bonds. The molecule has 0 radical (unpaired) electrons. The summed E-state index contributed by atoms with van der Waals surface area (Å²) < 4.78 is 44.1. The molecule has 0 atom stereocenters. The highest BCUT2D eigenvalue weighted by Crippen LogP contribution is 2.30. The van der Waals surface area contributed by atoms with Crippen molar-refractivity contribution in [1.29, 1.82) is 0 Å². The van der Waals surface area contributed by atoms with Crippen molar-refractivity contribution in [2.45, 2.75) is 51.9 Å². The number of aromatic nitrogens is 4. The number of likely N-dealkylation sites (tertiary alicyclic amines) is 1. The van der Waals surface area contributed by atoms with Crippen LogP contribution in [0.1, 0.15) is 31.0 Å². The van der Waals surface area contributed by atoms with Crippen LogP contribution in [0.2, 0.25) is 0 Å². The highest BCUT2D eigenvalue weighted by Gasteiger charge is 2.28. The van der Waals surface area contributed by atoms with Gasteiger partial charge in [0.1, 0.15) is 17.6 Å². The predicted molar refractivity (Wildman–Crippen MR) is 135 cm³/mol. The monoisotopic (exact) mass is 505 g/mol. The minimum atomic E-state index is -4.37. The van der Waals surface area contributed by atoms with Crippen molar-refractivity contribution in [3.05, 3.63) is 35.5 Å². The fourth-order valence-electron chi connectivity index (χ4n) is 4.43. The van der Waals surface area contributed by atoms with Crippen molar-refractivity contribution >= 4 is 28.5 Å². The summed E-state index contributed by atoms with van der Waals surface area (Å²) >= 11 is 0. The third-order valence-corrected chi connectivity index (χ3v) is 6.56. The molecule has 0 saturated carbocycles. The van der Waals surface area contributed by atoms with Crippen LogP contribution in [0, 0.1) is 6.92 Å². The molecule has 1 aliphatic heterocycles. The van der Waals surface area contributed by atoms with E-state index in [1.165, 1.54) is 0 Å². The van der Waals surface area contributed by atoms with Gasteiger partial charge in [-0.15, -0.1) is 0 Å². The molecule has 0 spiro atoms. The lowest BCUT2D eigenvalue weighted by atomic mass is 10.0. The Bertz CT molecular complexity index is 1160. The second-order valence-electron chi connectivity index (χ2n) is 9.40. The fraction of sp³-hybridized carbons (Fsp3) is 0.560. The second-order valence-corrected chi connectivity index (χ2v) is 9.40. The van der Waals surface area contributed by atoms with Crippen molar-refractivity contribution in [2.75, 3.05) is 50.6 Å². The van der Waals surface area contributed by atoms with Gasteiger partial charge in [0.2, 0.25) is 5.95 Å². The number of anilines is 3. The number of alkyl halides is 3. The molecule has 1 aromatic carbocycles. The molecule has 1 N–H and O–H groups in total. The molecular formula is C25H34F3N7O. The van der Waals surface area contributed by atoms with Gasteiger partial charge >= 0.3 is 6.18 Å². The average molecular weight is 506 g/mol. The number of rotatable bonds is 9. The molecule has 0 bridgehead atoms. The largest absolute Gasteiger partial charge is 0.411 e.